The van der Waals surface area contributed by atoms with Crippen LogP contribution in [-0.4, -0.2) is 10.1 Å². The standard InChI is InChI=1S/C8H6ClN3O/c9-8-6(10)7(13-12-8)5-3-1-2-4-11-5/h1-4H,10H2. The summed E-state index contributed by atoms with van der Waals surface area (Å²) in [5.74, 6) is 0.408. The first-order valence-corrected chi connectivity index (χ1v) is 3.99. The van der Waals surface area contributed by atoms with Gasteiger partial charge < -0.3 is 10.3 Å². The fraction of sp³-hybridized carbons (Fsp3) is 0. The first-order valence-electron chi connectivity index (χ1n) is 3.61. The number of hydrogen-bond acceptors (Lipinski definition) is 4. The van der Waals surface area contributed by atoms with Crippen LogP contribution in [0, 0.1) is 0 Å². The average Bonchev–Trinajstić information content (AvgIpc) is 2.49. The van der Waals surface area contributed by atoms with Crippen molar-refractivity contribution in [2.24, 2.45) is 0 Å². The van der Waals surface area contributed by atoms with E-state index in [0.29, 0.717) is 17.1 Å². The van der Waals surface area contributed by atoms with Gasteiger partial charge in [0.05, 0.1) is 0 Å². The van der Waals surface area contributed by atoms with E-state index in [1.165, 1.54) is 0 Å². The van der Waals surface area contributed by atoms with Crippen molar-refractivity contribution in [3.8, 4) is 11.5 Å². The van der Waals surface area contributed by atoms with Gasteiger partial charge in [-0.15, -0.1) is 0 Å². The van der Waals surface area contributed by atoms with E-state index in [9.17, 15) is 0 Å². The zero-order chi connectivity index (χ0) is 9.26. The number of hydrogen-bond donors (Lipinski definition) is 1. The van der Waals surface area contributed by atoms with Gasteiger partial charge in [0.25, 0.3) is 0 Å². The summed E-state index contributed by atoms with van der Waals surface area (Å²) in [6, 6.07) is 5.41. The van der Waals surface area contributed by atoms with E-state index in [2.05, 4.69) is 10.1 Å². The Morgan fingerprint density at radius 2 is 2.23 bits per heavy atom. The molecule has 0 saturated carbocycles. The van der Waals surface area contributed by atoms with Crippen molar-refractivity contribution >= 4 is 17.3 Å². The van der Waals surface area contributed by atoms with Crippen LogP contribution in [0.25, 0.3) is 11.5 Å². The van der Waals surface area contributed by atoms with Crippen LogP contribution in [-0.2, 0) is 0 Å². The van der Waals surface area contributed by atoms with Gasteiger partial charge in [-0.25, -0.2) is 0 Å². The number of halogens is 1. The van der Waals surface area contributed by atoms with Crippen LogP contribution < -0.4 is 5.73 Å². The molecule has 0 atom stereocenters. The average molecular weight is 196 g/mol. The second kappa shape index (κ2) is 3.06. The van der Waals surface area contributed by atoms with Gasteiger partial charge in [-0.3, -0.25) is 4.98 Å². The number of aromatic nitrogens is 2. The normalized spacial score (nSPS) is 10.2. The second-order valence-electron chi connectivity index (χ2n) is 2.43. The van der Waals surface area contributed by atoms with Gasteiger partial charge in [-0.2, -0.15) is 0 Å². The third kappa shape index (κ3) is 1.36. The van der Waals surface area contributed by atoms with Crippen molar-refractivity contribution < 1.29 is 4.52 Å². The molecule has 0 spiro atoms. The molecule has 0 unspecified atom stereocenters. The summed E-state index contributed by atoms with van der Waals surface area (Å²) in [6.45, 7) is 0. The van der Waals surface area contributed by atoms with Crippen LogP contribution in [0.15, 0.2) is 28.9 Å². The van der Waals surface area contributed by atoms with Crippen molar-refractivity contribution in [1.82, 2.24) is 10.1 Å². The summed E-state index contributed by atoms with van der Waals surface area (Å²) in [4.78, 5) is 4.05. The summed E-state index contributed by atoms with van der Waals surface area (Å²) in [7, 11) is 0. The lowest BCUT2D eigenvalue weighted by atomic mass is 10.3. The van der Waals surface area contributed by atoms with Gasteiger partial charge in [-0.05, 0) is 12.1 Å². The summed E-state index contributed by atoms with van der Waals surface area (Å²) in [5.41, 5.74) is 6.55. The molecule has 0 aliphatic rings. The van der Waals surface area contributed by atoms with Crippen molar-refractivity contribution in [3.05, 3.63) is 29.5 Å². The summed E-state index contributed by atoms with van der Waals surface area (Å²) in [6.07, 6.45) is 1.64. The number of pyridine rings is 1. The van der Waals surface area contributed by atoms with Gasteiger partial charge >= 0.3 is 0 Å². The van der Waals surface area contributed by atoms with E-state index in [1.807, 2.05) is 6.07 Å². The SMILES string of the molecule is Nc1c(Cl)noc1-c1ccccn1. The third-order valence-electron chi connectivity index (χ3n) is 1.58. The minimum Gasteiger partial charge on any atom is -0.393 e. The van der Waals surface area contributed by atoms with E-state index in [4.69, 9.17) is 21.9 Å². The highest BCUT2D eigenvalue weighted by molar-refractivity contribution is 6.32. The highest BCUT2D eigenvalue weighted by Crippen LogP contribution is 2.29. The predicted molar refractivity (Wildman–Crippen MR) is 49.2 cm³/mol. The molecule has 4 nitrogen and oxygen atoms in total. The molecule has 0 fully saturated rings. The highest BCUT2D eigenvalue weighted by Gasteiger charge is 2.13. The summed E-state index contributed by atoms with van der Waals surface area (Å²) < 4.78 is 4.91. The van der Waals surface area contributed by atoms with Crippen LogP contribution in [0.4, 0.5) is 5.69 Å². The number of nitrogens with two attached hydrogens (primary N) is 1. The minimum absolute atomic E-state index is 0.167. The zero-order valence-electron chi connectivity index (χ0n) is 6.57. The highest BCUT2D eigenvalue weighted by atomic mass is 35.5. The monoisotopic (exact) mass is 195 g/mol. The number of nitrogens with zero attached hydrogens (tertiary/aromatic N) is 2. The van der Waals surface area contributed by atoms with Gasteiger partial charge in [0.2, 0.25) is 5.76 Å². The first kappa shape index (κ1) is 8.07. The predicted octanol–water partition coefficient (Wildman–Crippen LogP) is 1.97. The fourth-order valence-electron chi connectivity index (χ4n) is 0.960. The van der Waals surface area contributed by atoms with Crippen LogP contribution in [0.2, 0.25) is 5.15 Å². The van der Waals surface area contributed by atoms with E-state index in [0.717, 1.165) is 0 Å². The van der Waals surface area contributed by atoms with E-state index >= 15 is 0 Å². The van der Waals surface area contributed by atoms with Crippen LogP contribution >= 0.6 is 11.6 Å². The van der Waals surface area contributed by atoms with Crippen molar-refractivity contribution in [3.63, 3.8) is 0 Å². The Bertz CT molecular complexity index is 413. The Hall–Kier alpha value is -1.55. The summed E-state index contributed by atoms with van der Waals surface area (Å²) >= 11 is 5.62. The molecule has 0 amide bonds. The molecular formula is C8H6ClN3O. The van der Waals surface area contributed by atoms with Crippen LogP contribution in [0.1, 0.15) is 0 Å². The van der Waals surface area contributed by atoms with Gasteiger partial charge in [-0.1, -0.05) is 22.8 Å². The van der Waals surface area contributed by atoms with E-state index in [1.54, 1.807) is 18.3 Å². The van der Waals surface area contributed by atoms with Crippen LogP contribution in [0.3, 0.4) is 0 Å². The van der Waals surface area contributed by atoms with Crippen LogP contribution in [0.5, 0.6) is 0 Å². The lowest BCUT2D eigenvalue weighted by molar-refractivity contribution is 0.431. The molecule has 5 heteroatoms. The molecule has 2 heterocycles. The lowest BCUT2D eigenvalue weighted by Crippen LogP contribution is -1.87. The topological polar surface area (TPSA) is 64.9 Å². The second-order valence-corrected chi connectivity index (χ2v) is 2.79. The quantitative estimate of drug-likeness (QED) is 0.756. The molecule has 0 aliphatic heterocycles. The minimum atomic E-state index is 0.167. The Balaban J connectivity index is 2.53. The number of rotatable bonds is 1. The molecule has 0 radical (unpaired) electrons. The maximum atomic E-state index is 5.62. The smallest absolute Gasteiger partial charge is 0.209 e. The molecule has 13 heavy (non-hydrogen) atoms. The molecule has 2 rings (SSSR count). The zero-order valence-corrected chi connectivity index (χ0v) is 7.32. The van der Waals surface area contributed by atoms with Crippen molar-refractivity contribution in [2.75, 3.05) is 5.73 Å². The molecule has 0 saturated heterocycles. The van der Waals surface area contributed by atoms with Crippen molar-refractivity contribution in [2.45, 2.75) is 0 Å². The molecule has 0 bridgehead atoms. The largest absolute Gasteiger partial charge is 0.393 e. The molecule has 0 aromatic carbocycles. The molecule has 2 N–H and O–H groups in total. The Kier molecular flexibility index (Phi) is 1.90. The molecule has 0 aliphatic carbocycles. The first-order chi connectivity index (χ1) is 6.29. The van der Waals surface area contributed by atoms with E-state index < -0.39 is 0 Å². The van der Waals surface area contributed by atoms with Crippen molar-refractivity contribution in [1.29, 1.82) is 0 Å². The maximum Gasteiger partial charge on any atom is 0.209 e. The van der Waals surface area contributed by atoms with Gasteiger partial charge in [0.15, 0.2) is 5.15 Å². The lowest BCUT2D eigenvalue weighted by Gasteiger charge is -1.93. The fourth-order valence-corrected chi connectivity index (χ4v) is 1.08. The number of anilines is 1. The number of nitrogen functional groups attached to an aromatic ring is 1. The molecular weight excluding hydrogens is 190 g/mol. The molecule has 2 aromatic rings. The summed E-state index contributed by atoms with van der Waals surface area (Å²) in [5, 5.41) is 3.69. The Morgan fingerprint density at radius 3 is 2.77 bits per heavy atom. The van der Waals surface area contributed by atoms with Gasteiger partial charge in [0, 0.05) is 6.20 Å². The third-order valence-corrected chi connectivity index (χ3v) is 1.85. The Morgan fingerprint density at radius 1 is 1.38 bits per heavy atom. The van der Waals surface area contributed by atoms with Gasteiger partial charge in [0.1, 0.15) is 11.4 Å². The van der Waals surface area contributed by atoms with E-state index in [-0.39, 0.29) is 5.15 Å². The molecule has 66 valence electrons. The Labute approximate surface area is 79.3 Å². The maximum absolute atomic E-state index is 5.62. The molecule has 2 aromatic heterocycles.